The van der Waals surface area contributed by atoms with Crippen molar-refractivity contribution in [3.63, 3.8) is 0 Å². The third-order valence-electron chi connectivity index (χ3n) is 3.90. The van der Waals surface area contributed by atoms with Crippen LogP contribution in [0.1, 0.15) is 38.5 Å². The topological polar surface area (TPSA) is 105 Å². The van der Waals surface area contributed by atoms with Crippen LogP contribution < -0.4 is 5.32 Å². The van der Waals surface area contributed by atoms with Crippen molar-refractivity contribution in [1.82, 2.24) is 15.5 Å². The minimum absolute atomic E-state index is 0.156. The molecule has 1 heterocycles. The number of rotatable bonds is 10. The lowest BCUT2D eigenvalue weighted by Crippen LogP contribution is -2.32. The molecule has 140 valence electrons. The summed E-state index contributed by atoms with van der Waals surface area (Å²) in [5, 5.41) is 16.3. The van der Waals surface area contributed by atoms with Gasteiger partial charge in [-0.2, -0.15) is 4.98 Å². The first-order valence-electron chi connectivity index (χ1n) is 8.57. The molecule has 2 rings (SSSR count). The van der Waals surface area contributed by atoms with Crippen molar-refractivity contribution in [2.45, 2.75) is 39.0 Å². The normalized spacial score (nSPS) is 11.9. The zero-order valence-corrected chi connectivity index (χ0v) is 15.3. The maximum absolute atomic E-state index is 11.8. The summed E-state index contributed by atoms with van der Waals surface area (Å²) >= 11 is 5.85. The van der Waals surface area contributed by atoms with Gasteiger partial charge in [-0.1, -0.05) is 30.1 Å². The average molecular weight is 380 g/mol. The Balaban J connectivity index is 1.75. The molecule has 0 saturated carbocycles. The molecule has 0 radical (unpaired) electrons. The highest BCUT2D eigenvalue weighted by Gasteiger charge is 2.17. The molecule has 1 atom stereocenters. The molecule has 1 amide bonds. The fraction of sp³-hybridized carbons (Fsp3) is 0.444. The van der Waals surface area contributed by atoms with Gasteiger partial charge in [-0.3, -0.25) is 9.59 Å². The summed E-state index contributed by atoms with van der Waals surface area (Å²) in [4.78, 5) is 27.2. The number of amides is 1. The summed E-state index contributed by atoms with van der Waals surface area (Å²) in [5.74, 6) is -0.665. The number of hydrogen-bond donors (Lipinski definition) is 2. The number of carbonyl (C=O) groups excluding carboxylic acids is 1. The molecule has 0 saturated heterocycles. The Morgan fingerprint density at radius 3 is 2.69 bits per heavy atom. The van der Waals surface area contributed by atoms with Crippen LogP contribution in [-0.2, 0) is 16.0 Å². The highest BCUT2D eigenvalue weighted by atomic mass is 35.5. The quantitative estimate of drug-likeness (QED) is 0.655. The number of carboxylic acid groups (broad SMARTS) is 1. The lowest BCUT2D eigenvalue weighted by molar-refractivity contribution is -0.141. The van der Waals surface area contributed by atoms with Gasteiger partial charge in [0.15, 0.2) is 0 Å². The average Bonchev–Trinajstić information content (AvgIpc) is 3.08. The predicted molar refractivity (Wildman–Crippen MR) is 96.7 cm³/mol. The zero-order valence-electron chi connectivity index (χ0n) is 14.6. The monoisotopic (exact) mass is 379 g/mol. The summed E-state index contributed by atoms with van der Waals surface area (Å²) in [6.45, 7) is 2.07. The molecule has 0 aliphatic heterocycles. The first-order valence-corrected chi connectivity index (χ1v) is 8.95. The molecule has 1 unspecified atom stereocenters. The highest BCUT2D eigenvalue weighted by Crippen LogP contribution is 2.19. The van der Waals surface area contributed by atoms with Crippen LogP contribution in [0.15, 0.2) is 28.8 Å². The molecule has 0 aliphatic rings. The first-order chi connectivity index (χ1) is 12.5. The second-order valence-corrected chi connectivity index (χ2v) is 6.44. The van der Waals surface area contributed by atoms with Crippen LogP contribution in [0.4, 0.5) is 0 Å². The van der Waals surface area contributed by atoms with Crippen molar-refractivity contribution in [2.24, 2.45) is 5.92 Å². The van der Waals surface area contributed by atoms with Gasteiger partial charge < -0.3 is 14.9 Å². The molecule has 1 aromatic carbocycles. The number of halogens is 1. The molecule has 8 heteroatoms. The Bertz CT molecular complexity index is 730. The SMILES string of the molecule is CCCC(CNC(=O)CCCc1nc(-c2ccc(Cl)cc2)no1)C(=O)O. The third-order valence-corrected chi connectivity index (χ3v) is 4.15. The molecule has 2 aromatic rings. The summed E-state index contributed by atoms with van der Waals surface area (Å²) in [5.41, 5.74) is 0.803. The molecule has 0 aliphatic carbocycles. The highest BCUT2D eigenvalue weighted by molar-refractivity contribution is 6.30. The van der Waals surface area contributed by atoms with E-state index in [1.807, 2.05) is 6.92 Å². The Labute approximate surface area is 156 Å². The lowest BCUT2D eigenvalue weighted by atomic mass is 10.0. The Morgan fingerprint density at radius 2 is 2.04 bits per heavy atom. The number of aliphatic carboxylic acids is 1. The van der Waals surface area contributed by atoms with Crippen LogP contribution >= 0.6 is 11.6 Å². The van der Waals surface area contributed by atoms with E-state index < -0.39 is 11.9 Å². The lowest BCUT2D eigenvalue weighted by Gasteiger charge is -2.12. The van der Waals surface area contributed by atoms with E-state index in [4.69, 9.17) is 21.2 Å². The van der Waals surface area contributed by atoms with E-state index in [1.54, 1.807) is 24.3 Å². The molecule has 7 nitrogen and oxygen atoms in total. The van der Waals surface area contributed by atoms with Crippen molar-refractivity contribution in [1.29, 1.82) is 0 Å². The smallest absolute Gasteiger partial charge is 0.308 e. The molecule has 26 heavy (non-hydrogen) atoms. The maximum atomic E-state index is 11.8. The number of aryl methyl sites for hydroxylation is 1. The summed E-state index contributed by atoms with van der Waals surface area (Å²) in [6, 6.07) is 7.11. The van der Waals surface area contributed by atoms with Crippen LogP contribution in [0.3, 0.4) is 0 Å². The molecule has 0 bridgehead atoms. The van der Waals surface area contributed by atoms with Crippen LogP contribution in [0.25, 0.3) is 11.4 Å². The number of carbonyl (C=O) groups is 2. The van der Waals surface area contributed by atoms with Gasteiger partial charge in [-0.25, -0.2) is 0 Å². The molecule has 0 spiro atoms. The molecular formula is C18H22ClN3O4. The Kier molecular flexibility index (Phi) is 7.59. The Hall–Kier alpha value is -2.41. The molecule has 0 fully saturated rings. The maximum Gasteiger partial charge on any atom is 0.308 e. The largest absolute Gasteiger partial charge is 0.481 e. The van der Waals surface area contributed by atoms with Gasteiger partial charge in [0.05, 0.1) is 5.92 Å². The Morgan fingerprint density at radius 1 is 1.31 bits per heavy atom. The van der Waals surface area contributed by atoms with E-state index in [2.05, 4.69) is 15.5 Å². The van der Waals surface area contributed by atoms with E-state index in [1.165, 1.54) is 0 Å². The van der Waals surface area contributed by atoms with Gasteiger partial charge in [0, 0.05) is 30.0 Å². The number of nitrogens with zero attached hydrogens (tertiary/aromatic N) is 2. The van der Waals surface area contributed by atoms with E-state index in [9.17, 15) is 9.59 Å². The van der Waals surface area contributed by atoms with E-state index in [-0.39, 0.29) is 18.9 Å². The van der Waals surface area contributed by atoms with E-state index in [0.717, 1.165) is 12.0 Å². The molecule has 2 N–H and O–H groups in total. The van der Waals surface area contributed by atoms with Gasteiger partial charge in [-0.15, -0.1) is 0 Å². The molecular weight excluding hydrogens is 358 g/mol. The van der Waals surface area contributed by atoms with Gasteiger partial charge >= 0.3 is 5.97 Å². The zero-order chi connectivity index (χ0) is 18.9. The number of benzene rings is 1. The minimum atomic E-state index is -0.882. The summed E-state index contributed by atoms with van der Waals surface area (Å²) < 4.78 is 5.19. The van der Waals surface area contributed by atoms with Crippen LogP contribution in [-0.4, -0.2) is 33.7 Å². The first kappa shape index (κ1) is 19.9. The number of nitrogens with one attached hydrogen (secondary N) is 1. The van der Waals surface area contributed by atoms with Gasteiger partial charge in [0.1, 0.15) is 0 Å². The fourth-order valence-corrected chi connectivity index (χ4v) is 2.59. The van der Waals surface area contributed by atoms with Crippen molar-refractivity contribution in [3.8, 4) is 11.4 Å². The van der Waals surface area contributed by atoms with Crippen LogP contribution in [0, 0.1) is 5.92 Å². The van der Waals surface area contributed by atoms with E-state index >= 15 is 0 Å². The van der Waals surface area contributed by atoms with E-state index in [0.29, 0.717) is 36.0 Å². The predicted octanol–water partition coefficient (Wildman–Crippen LogP) is 3.33. The minimum Gasteiger partial charge on any atom is -0.481 e. The molecule has 1 aromatic heterocycles. The van der Waals surface area contributed by atoms with Crippen LogP contribution in [0.5, 0.6) is 0 Å². The van der Waals surface area contributed by atoms with Crippen molar-refractivity contribution >= 4 is 23.5 Å². The van der Waals surface area contributed by atoms with Crippen molar-refractivity contribution in [3.05, 3.63) is 35.2 Å². The van der Waals surface area contributed by atoms with Crippen molar-refractivity contribution in [2.75, 3.05) is 6.54 Å². The van der Waals surface area contributed by atoms with Gasteiger partial charge in [0.2, 0.25) is 17.6 Å². The van der Waals surface area contributed by atoms with Gasteiger partial charge in [-0.05, 0) is 37.1 Å². The van der Waals surface area contributed by atoms with Gasteiger partial charge in [0.25, 0.3) is 0 Å². The third kappa shape index (κ3) is 6.15. The van der Waals surface area contributed by atoms with Crippen LogP contribution in [0.2, 0.25) is 5.02 Å². The fourth-order valence-electron chi connectivity index (χ4n) is 2.46. The summed E-state index contributed by atoms with van der Waals surface area (Å²) in [7, 11) is 0. The second kappa shape index (κ2) is 9.91. The number of carboxylic acids is 1. The number of aromatic nitrogens is 2. The number of hydrogen-bond acceptors (Lipinski definition) is 5. The second-order valence-electron chi connectivity index (χ2n) is 6.00. The summed E-state index contributed by atoms with van der Waals surface area (Å²) in [6.07, 6.45) is 2.60. The van der Waals surface area contributed by atoms with Crippen molar-refractivity contribution < 1.29 is 19.2 Å². The standard InChI is InChI=1S/C18H22ClN3O4/c1-2-4-13(18(24)25)11-20-15(23)5-3-6-16-21-17(22-26-16)12-7-9-14(19)10-8-12/h7-10,13H,2-6,11H2,1H3,(H,20,23)(H,24,25).